The molecule has 1 rings (SSSR count). The lowest BCUT2D eigenvalue weighted by Gasteiger charge is -2.23. The maximum atomic E-state index is 13.5. The van der Waals surface area contributed by atoms with Crippen LogP contribution in [0.1, 0.15) is 31.9 Å². The van der Waals surface area contributed by atoms with E-state index in [1.54, 1.807) is 7.05 Å². The van der Waals surface area contributed by atoms with Gasteiger partial charge in [0.25, 0.3) is 0 Å². The predicted octanol–water partition coefficient (Wildman–Crippen LogP) is 3.41. The van der Waals surface area contributed by atoms with Crippen molar-refractivity contribution in [2.24, 2.45) is 5.92 Å². The molecule has 0 fully saturated rings. The average molecular weight is 231 g/mol. The Morgan fingerprint density at radius 1 is 1.12 bits per heavy atom. The van der Waals surface area contributed by atoms with Crippen LogP contribution in [0.5, 0.6) is 0 Å². The van der Waals surface area contributed by atoms with Crippen LogP contribution in [0, 0.1) is 23.4 Å². The molecule has 0 aromatic heterocycles. The Labute approximate surface area is 93.7 Å². The van der Waals surface area contributed by atoms with Crippen molar-refractivity contribution in [1.82, 2.24) is 5.32 Å². The van der Waals surface area contributed by atoms with Gasteiger partial charge in [-0.05, 0) is 19.0 Å². The topological polar surface area (TPSA) is 12.0 Å². The van der Waals surface area contributed by atoms with Crippen LogP contribution >= 0.6 is 0 Å². The van der Waals surface area contributed by atoms with Gasteiger partial charge in [0.15, 0.2) is 11.6 Å². The SMILES string of the molecule is CCC(C)C(NC)c1cc(F)c(F)cc1F. The molecule has 0 aliphatic carbocycles. The molecule has 0 aliphatic rings. The van der Waals surface area contributed by atoms with Gasteiger partial charge in [-0.1, -0.05) is 20.3 Å². The highest BCUT2D eigenvalue weighted by Gasteiger charge is 2.21. The molecule has 2 atom stereocenters. The zero-order chi connectivity index (χ0) is 12.3. The van der Waals surface area contributed by atoms with E-state index < -0.39 is 17.5 Å². The third-order valence-corrected chi connectivity index (χ3v) is 2.90. The second-order valence-corrected chi connectivity index (χ2v) is 3.94. The maximum absolute atomic E-state index is 13.5. The lowest BCUT2D eigenvalue weighted by atomic mass is 9.92. The second-order valence-electron chi connectivity index (χ2n) is 3.94. The summed E-state index contributed by atoms with van der Waals surface area (Å²) in [4.78, 5) is 0. The largest absolute Gasteiger partial charge is 0.313 e. The molecule has 1 nitrogen and oxygen atoms in total. The first-order valence-electron chi connectivity index (χ1n) is 5.33. The van der Waals surface area contributed by atoms with Crippen LogP contribution in [0.2, 0.25) is 0 Å². The van der Waals surface area contributed by atoms with Gasteiger partial charge >= 0.3 is 0 Å². The molecular weight excluding hydrogens is 215 g/mol. The third-order valence-electron chi connectivity index (χ3n) is 2.90. The minimum absolute atomic E-state index is 0.143. The highest BCUT2D eigenvalue weighted by Crippen LogP contribution is 2.27. The lowest BCUT2D eigenvalue weighted by Crippen LogP contribution is -2.24. The van der Waals surface area contributed by atoms with Crippen LogP contribution in [0.3, 0.4) is 0 Å². The van der Waals surface area contributed by atoms with E-state index in [9.17, 15) is 13.2 Å². The maximum Gasteiger partial charge on any atom is 0.161 e. The van der Waals surface area contributed by atoms with Crippen molar-refractivity contribution in [2.45, 2.75) is 26.3 Å². The standard InChI is InChI=1S/C12H16F3N/c1-4-7(2)12(16-3)8-5-10(14)11(15)6-9(8)13/h5-7,12,16H,4H2,1-3H3. The molecule has 0 heterocycles. The van der Waals surface area contributed by atoms with E-state index in [1.165, 1.54) is 0 Å². The van der Waals surface area contributed by atoms with Crippen LogP contribution in [-0.4, -0.2) is 7.05 Å². The Balaban J connectivity index is 3.15. The van der Waals surface area contributed by atoms with Crippen molar-refractivity contribution in [3.8, 4) is 0 Å². The number of benzene rings is 1. The summed E-state index contributed by atoms with van der Waals surface area (Å²) in [5.41, 5.74) is 0.177. The monoisotopic (exact) mass is 231 g/mol. The Kier molecular flexibility index (Phi) is 4.35. The van der Waals surface area contributed by atoms with Gasteiger partial charge in [-0.3, -0.25) is 0 Å². The smallest absolute Gasteiger partial charge is 0.161 e. The van der Waals surface area contributed by atoms with Gasteiger partial charge in [-0.15, -0.1) is 0 Å². The lowest BCUT2D eigenvalue weighted by molar-refractivity contribution is 0.381. The summed E-state index contributed by atoms with van der Waals surface area (Å²) in [6.07, 6.45) is 0.823. The molecule has 0 aliphatic heterocycles. The first-order chi connectivity index (χ1) is 7.51. The fourth-order valence-electron chi connectivity index (χ4n) is 1.76. The normalized spacial score (nSPS) is 14.9. The molecule has 1 aromatic carbocycles. The summed E-state index contributed by atoms with van der Waals surface area (Å²) in [7, 11) is 1.68. The van der Waals surface area contributed by atoms with Gasteiger partial charge in [-0.25, -0.2) is 13.2 Å². The molecule has 4 heteroatoms. The van der Waals surface area contributed by atoms with Crippen molar-refractivity contribution in [1.29, 1.82) is 0 Å². The first kappa shape index (κ1) is 13.0. The molecule has 0 radical (unpaired) electrons. The van der Waals surface area contributed by atoms with Crippen molar-refractivity contribution < 1.29 is 13.2 Å². The highest BCUT2D eigenvalue weighted by atomic mass is 19.2. The second kappa shape index (κ2) is 5.34. The third kappa shape index (κ3) is 2.55. The molecule has 1 aromatic rings. The van der Waals surface area contributed by atoms with Gasteiger partial charge < -0.3 is 5.32 Å². The van der Waals surface area contributed by atoms with Crippen molar-refractivity contribution in [3.05, 3.63) is 35.1 Å². The molecule has 0 saturated carbocycles. The molecule has 0 spiro atoms. The summed E-state index contributed by atoms with van der Waals surface area (Å²) in [5.74, 6) is -2.73. The molecule has 0 bridgehead atoms. The van der Waals surface area contributed by atoms with Crippen LogP contribution in [0.4, 0.5) is 13.2 Å². The Bertz CT molecular complexity index is 366. The van der Waals surface area contributed by atoms with Crippen LogP contribution < -0.4 is 5.32 Å². The number of halogens is 3. The molecule has 0 saturated heterocycles. The van der Waals surface area contributed by atoms with E-state index >= 15 is 0 Å². The van der Waals surface area contributed by atoms with Gasteiger partial charge in [0.05, 0.1) is 0 Å². The van der Waals surface area contributed by atoms with E-state index in [2.05, 4.69) is 5.32 Å². The van der Waals surface area contributed by atoms with E-state index in [1.807, 2.05) is 13.8 Å². The van der Waals surface area contributed by atoms with Crippen LogP contribution in [0.15, 0.2) is 12.1 Å². The summed E-state index contributed by atoms with van der Waals surface area (Å²) < 4.78 is 39.3. The first-order valence-corrected chi connectivity index (χ1v) is 5.33. The molecule has 1 N–H and O–H groups in total. The number of nitrogens with one attached hydrogen (secondary N) is 1. The molecule has 0 amide bonds. The highest BCUT2D eigenvalue weighted by molar-refractivity contribution is 5.24. The predicted molar refractivity (Wildman–Crippen MR) is 57.6 cm³/mol. The average Bonchev–Trinajstić information content (AvgIpc) is 2.26. The van der Waals surface area contributed by atoms with Gasteiger partial charge in [-0.2, -0.15) is 0 Å². The van der Waals surface area contributed by atoms with Crippen LogP contribution in [0.25, 0.3) is 0 Å². The van der Waals surface area contributed by atoms with E-state index in [4.69, 9.17) is 0 Å². The van der Waals surface area contributed by atoms with Gasteiger partial charge in [0.2, 0.25) is 0 Å². The summed E-state index contributed by atoms with van der Waals surface area (Å²) >= 11 is 0. The molecule has 2 unspecified atom stereocenters. The Hall–Kier alpha value is -1.03. The molecular formula is C12H16F3N. The van der Waals surface area contributed by atoms with Gasteiger partial charge in [0.1, 0.15) is 5.82 Å². The molecule has 90 valence electrons. The Morgan fingerprint density at radius 3 is 2.19 bits per heavy atom. The minimum Gasteiger partial charge on any atom is -0.313 e. The van der Waals surface area contributed by atoms with E-state index in [0.29, 0.717) is 6.07 Å². The van der Waals surface area contributed by atoms with Crippen LogP contribution in [-0.2, 0) is 0 Å². The fourth-order valence-corrected chi connectivity index (χ4v) is 1.76. The van der Waals surface area contributed by atoms with Crippen molar-refractivity contribution >= 4 is 0 Å². The number of hydrogen-bond acceptors (Lipinski definition) is 1. The summed E-state index contributed by atoms with van der Waals surface area (Å²) in [5, 5.41) is 2.93. The van der Waals surface area contributed by atoms with E-state index in [-0.39, 0.29) is 17.5 Å². The van der Waals surface area contributed by atoms with Crippen molar-refractivity contribution in [2.75, 3.05) is 7.05 Å². The fraction of sp³-hybridized carbons (Fsp3) is 0.500. The Morgan fingerprint density at radius 2 is 1.69 bits per heavy atom. The van der Waals surface area contributed by atoms with E-state index in [0.717, 1.165) is 12.5 Å². The zero-order valence-electron chi connectivity index (χ0n) is 9.65. The quantitative estimate of drug-likeness (QED) is 0.783. The van der Waals surface area contributed by atoms with Crippen molar-refractivity contribution in [3.63, 3.8) is 0 Å². The number of rotatable bonds is 4. The summed E-state index contributed by atoms with van der Waals surface area (Å²) in [6.45, 7) is 3.90. The van der Waals surface area contributed by atoms with Gasteiger partial charge in [0, 0.05) is 17.7 Å². The minimum atomic E-state index is -1.15. The molecule has 16 heavy (non-hydrogen) atoms. The zero-order valence-corrected chi connectivity index (χ0v) is 9.65. The summed E-state index contributed by atoms with van der Waals surface area (Å²) in [6, 6.07) is 1.22. The number of hydrogen-bond donors (Lipinski definition) is 1.